The summed E-state index contributed by atoms with van der Waals surface area (Å²) >= 11 is 1.73. The summed E-state index contributed by atoms with van der Waals surface area (Å²) in [7, 11) is 1.95. The van der Waals surface area contributed by atoms with Crippen LogP contribution in [0.5, 0.6) is 0 Å². The van der Waals surface area contributed by atoms with Crippen LogP contribution < -0.4 is 15.5 Å². The van der Waals surface area contributed by atoms with Gasteiger partial charge in [-0.05, 0) is 68.3 Å². The SMILES string of the molecule is CNSC1C=CC(C2CC=CC(c3cnc(/C=C\C(N)N4CCCN4c4cccc(F)c4)[nH]3)=N2)=CC1. The lowest BCUT2D eigenvalue weighted by Crippen LogP contribution is -2.47. The summed E-state index contributed by atoms with van der Waals surface area (Å²) in [5.41, 5.74) is 10.3. The fourth-order valence-corrected chi connectivity index (χ4v) is 5.39. The summed E-state index contributed by atoms with van der Waals surface area (Å²) in [5.74, 6) is 0.472. The van der Waals surface area contributed by atoms with Gasteiger partial charge in [0.1, 0.15) is 11.6 Å². The van der Waals surface area contributed by atoms with Gasteiger partial charge in [-0.1, -0.05) is 42.3 Å². The molecule has 7 nitrogen and oxygen atoms in total. The van der Waals surface area contributed by atoms with Crippen molar-refractivity contribution < 1.29 is 4.39 Å². The zero-order chi connectivity index (χ0) is 24.9. The summed E-state index contributed by atoms with van der Waals surface area (Å²) in [6.07, 6.45) is 19.1. The molecule has 2 aromatic rings. The first kappa shape index (κ1) is 24.7. The maximum absolute atomic E-state index is 13.7. The lowest BCUT2D eigenvalue weighted by molar-refractivity contribution is 0.265. The molecule has 3 unspecified atom stereocenters. The Morgan fingerprint density at radius 3 is 3.00 bits per heavy atom. The van der Waals surface area contributed by atoms with E-state index in [2.05, 4.69) is 50.1 Å². The first-order valence-electron chi connectivity index (χ1n) is 12.3. The molecule has 3 aliphatic rings. The van der Waals surface area contributed by atoms with E-state index in [1.54, 1.807) is 18.0 Å². The van der Waals surface area contributed by atoms with Gasteiger partial charge in [-0.25, -0.2) is 14.4 Å². The van der Waals surface area contributed by atoms with Crippen LogP contribution in [0.4, 0.5) is 10.1 Å². The first-order chi connectivity index (χ1) is 17.6. The number of aromatic nitrogens is 2. The topological polar surface area (TPSA) is 85.6 Å². The zero-order valence-electron chi connectivity index (χ0n) is 20.3. The van der Waals surface area contributed by atoms with Gasteiger partial charge in [0.15, 0.2) is 0 Å². The number of dihydropyridines is 1. The molecule has 0 bridgehead atoms. The van der Waals surface area contributed by atoms with E-state index < -0.39 is 0 Å². The van der Waals surface area contributed by atoms with Crippen LogP contribution in [-0.4, -0.2) is 58.3 Å². The van der Waals surface area contributed by atoms with Crippen molar-refractivity contribution in [2.24, 2.45) is 10.7 Å². The molecule has 0 amide bonds. The molecule has 188 valence electrons. The van der Waals surface area contributed by atoms with Crippen LogP contribution >= 0.6 is 11.9 Å². The third-order valence-electron chi connectivity index (χ3n) is 6.51. The lowest BCUT2D eigenvalue weighted by atomic mass is 9.96. The number of nitrogens with zero attached hydrogens (tertiary/aromatic N) is 4. The largest absolute Gasteiger partial charge is 0.337 e. The fraction of sp³-hybridized carbons (Fsp3) is 0.333. The van der Waals surface area contributed by atoms with Crippen molar-refractivity contribution >= 4 is 29.4 Å². The average molecular weight is 506 g/mol. The maximum Gasteiger partial charge on any atom is 0.130 e. The molecule has 9 heteroatoms. The van der Waals surface area contributed by atoms with Gasteiger partial charge in [-0.15, -0.1) is 0 Å². The second kappa shape index (κ2) is 11.4. The van der Waals surface area contributed by atoms with Crippen molar-refractivity contribution in [3.8, 4) is 0 Å². The third-order valence-corrected chi connectivity index (χ3v) is 7.40. The molecule has 0 radical (unpaired) electrons. The summed E-state index contributed by atoms with van der Waals surface area (Å²) in [5, 5.41) is 4.57. The standard InChI is InChI=1S/C27H32FN7S/c1-30-36-22-11-9-19(10-12-22)23-7-3-8-24(32-23)25-18-31-27(33-25)14-13-26(29)35-16-4-15-34(35)21-6-2-5-20(28)17-21/h2-3,5-6,8-11,13-14,17-18,22-23,26,30H,4,7,12,15-16,29H2,1H3,(H,31,33)/b14-13-. The number of H-pyrrole nitrogens is 1. The van der Waals surface area contributed by atoms with Crippen molar-refractivity contribution in [1.29, 1.82) is 0 Å². The van der Waals surface area contributed by atoms with Gasteiger partial charge < -0.3 is 15.7 Å². The number of anilines is 1. The summed E-state index contributed by atoms with van der Waals surface area (Å²) in [6, 6.07) is 6.75. The molecule has 1 aromatic carbocycles. The number of rotatable bonds is 8. The van der Waals surface area contributed by atoms with Gasteiger partial charge >= 0.3 is 0 Å². The van der Waals surface area contributed by atoms with Crippen molar-refractivity contribution in [3.63, 3.8) is 0 Å². The number of nitrogens with one attached hydrogen (secondary N) is 2. The number of hydrogen-bond donors (Lipinski definition) is 3. The predicted octanol–water partition coefficient (Wildman–Crippen LogP) is 4.21. The van der Waals surface area contributed by atoms with Crippen molar-refractivity contribution in [1.82, 2.24) is 19.7 Å². The Morgan fingerprint density at radius 2 is 2.19 bits per heavy atom. The Kier molecular flexibility index (Phi) is 7.81. The fourth-order valence-electron chi connectivity index (χ4n) is 4.74. The van der Waals surface area contributed by atoms with Crippen LogP contribution in [0.1, 0.15) is 30.8 Å². The van der Waals surface area contributed by atoms with E-state index in [4.69, 9.17) is 10.7 Å². The van der Waals surface area contributed by atoms with Gasteiger partial charge in [0.25, 0.3) is 0 Å². The van der Waals surface area contributed by atoms with Crippen molar-refractivity contribution in [3.05, 3.63) is 89.8 Å². The van der Waals surface area contributed by atoms with E-state index in [-0.39, 0.29) is 18.0 Å². The van der Waals surface area contributed by atoms with E-state index in [1.165, 1.54) is 17.7 Å². The second-order valence-corrected chi connectivity index (χ2v) is 10.2. The highest BCUT2D eigenvalue weighted by Crippen LogP contribution is 2.27. The van der Waals surface area contributed by atoms with Crippen molar-refractivity contribution in [2.45, 2.75) is 36.7 Å². The number of halogens is 1. The average Bonchev–Trinajstić information content (AvgIpc) is 3.58. The molecule has 2 aliphatic heterocycles. The molecule has 1 aromatic heterocycles. The van der Waals surface area contributed by atoms with Gasteiger partial charge in [0.05, 0.1) is 35.5 Å². The predicted molar refractivity (Wildman–Crippen MR) is 147 cm³/mol. The van der Waals surface area contributed by atoms with Gasteiger partial charge in [-0.2, -0.15) is 0 Å². The quantitative estimate of drug-likeness (QED) is 0.466. The van der Waals surface area contributed by atoms with Crippen LogP contribution in [0.15, 0.2) is 77.5 Å². The Bertz CT molecular complexity index is 1210. The molecule has 1 aliphatic carbocycles. The summed E-state index contributed by atoms with van der Waals surface area (Å²) in [4.78, 5) is 12.9. The monoisotopic (exact) mass is 505 g/mol. The summed E-state index contributed by atoms with van der Waals surface area (Å²) in [6.45, 7) is 1.62. The highest BCUT2D eigenvalue weighted by Gasteiger charge is 2.26. The Hall–Kier alpha value is -2.98. The number of benzene rings is 1. The number of nitrogens with two attached hydrogens (primary N) is 1. The van der Waals surface area contributed by atoms with Crippen LogP contribution in [0.25, 0.3) is 6.08 Å². The number of aliphatic imine (C=N–C) groups is 1. The van der Waals surface area contributed by atoms with E-state index in [1.807, 2.05) is 36.5 Å². The van der Waals surface area contributed by atoms with Gasteiger partial charge in [-0.3, -0.25) is 9.71 Å². The highest BCUT2D eigenvalue weighted by atomic mass is 32.2. The van der Waals surface area contributed by atoms with Gasteiger partial charge in [0, 0.05) is 18.3 Å². The molecule has 0 spiro atoms. The molecule has 5 rings (SSSR count). The van der Waals surface area contributed by atoms with E-state index >= 15 is 0 Å². The highest BCUT2D eigenvalue weighted by molar-refractivity contribution is 7.98. The molecule has 3 atom stereocenters. The molecule has 3 heterocycles. The first-order valence-corrected chi connectivity index (χ1v) is 13.2. The zero-order valence-corrected chi connectivity index (χ0v) is 21.2. The Morgan fingerprint density at radius 1 is 1.28 bits per heavy atom. The Labute approximate surface area is 215 Å². The number of imidazole rings is 1. The molecular formula is C27H32FN7S. The van der Waals surface area contributed by atoms with Crippen LogP contribution in [-0.2, 0) is 0 Å². The minimum Gasteiger partial charge on any atom is -0.337 e. The number of aromatic amines is 1. The maximum atomic E-state index is 13.7. The van der Waals surface area contributed by atoms with Crippen molar-refractivity contribution in [2.75, 3.05) is 25.1 Å². The van der Waals surface area contributed by atoms with Crippen LogP contribution in [0.3, 0.4) is 0 Å². The molecule has 4 N–H and O–H groups in total. The van der Waals surface area contributed by atoms with Gasteiger partial charge in [0.2, 0.25) is 0 Å². The summed E-state index contributed by atoms with van der Waals surface area (Å²) < 4.78 is 16.9. The third kappa shape index (κ3) is 5.70. The number of hydrazine groups is 1. The normalized spacial score (nSPS) is 23.4. The number of hydrogen-bond acceptors (Lipinski definition) is 7. The van der Waals surface area contributed by atoms with Crippen LogP contribution in [0.2, 0.25) is 0 Å². The molecule has 36 heavy (non-hydrogen) atoms. The lowest BCUT2D eigenvalue weighted by Gasteiger charge is -2.33. The van der Waals surface area contributed by atoms with Crippen LogP contribution in [0, 0.1) is 5.82 Å². The Balaban J connectivity index is 1.24. The molecular weight excluding hydrogens is 473 g/mol. The van der Waals surface area contributed by atoms with E-state index in [0.717, 1.165) is 55.3 Å². The minimum absolute atomic E-state index is 0.126. The molecule has 0 saturated carbocycles. The smallest absolute Gasteiger partial charge is 0.130 e. The minimum atomic E-state index is -0.351. The molecule has 1 fully saturated rings. The second-order valence-electron chi connectivity index (χ2n) is 8.98. The van der Waals surface area contributed by atoms with E-state index in [0.29, 0.717) is 5.25 Å². The van der Waals surface area contributed by atoms with E-state index in [9.17, 15) is 4.39 Å². The number of allylic oxidation sites excluding steroid dienone is 2. The molecule has 1 saturated heterocycles.